The lowest BCUT2D eigenvalue weighted by Gasteiger charge is -2.36. The Hall–Kier alpha value is -2.14. The van der Waals surface area contributed by atoms with E-state index < -0.39 is 5.54 Å². The summed E-state index contributed by atoms with van der Waals surface area (Å²) in [6.45, 7) is 0.945. The van der Waals surface area contributed by atoms with E-state index in [-0.39, 0.29) is 11.8 Å². The molecule has 0 aromatic rings. The van der Waals surface area contributed by atoms with Gasteiger partial charge >= 0.3 is 0 Å². The smallest absolute Gasteiger partial charge is 0.252 e. The largest absolute Gasteiger partial charge is 0.381 e. The fourth-order valence-corrected chi connectivity index (χ4v) is 2.94. The number of fused-ring (bicyclic) bond motifs is 1. The van der Waals surface area contributed by atoms with Gasteiger partial charge in [0.2, 0.25) is 5.91 Å². The van der Waals surface area contributed by atoms with Gasteiger partial charge in [0.15, 0.2) is 0 Å². The number of nitrogens with one attached hydrogen (secondary N) is 2. The van der Waals surface area contributed by atoms with Crippen molar-refractivity contribution in [2.45, 2.75) is 18.4 Å². The second-order valence-electron chi connectivity index (χ2n) is 5.37. The number of carbonyl (C=O) groups is 2. The van der Waals surface area contributed by atoms with Crippen LogP contribution in [0.5, 0.6) is 0 Å². The third kappa shape index (κ3) is 2.34. The molecule has 0 aromatic heterocycles. The van der Waals surface area contributed by atoms with Gasteiger partial charge in [0, 0.05) is 38.7 Å². The van der Waals surface area contributed by atoms with Crippen molar-refractivity contribution in [1.82, 2.24) is 10.6 Å². The van der Waals surface area contributed by atoms with Crippen LogP contribution < -0.4 is 10.6 Å². The zero-order valence-corrected chi connectivity index (χ0v) is 11.9. The molecule has 3 rings (SSSR count). The van der Waals surface area contributed by atoms with Crippen LogP contribution in [-0.2, 0) is 14.3 Å². The van der Waals surface area contributed by atoms with E-state index in [1.807, 2.05) is 24.3 Å². The summed E-state index contributed by atoms with van der Waals surface area (Å²) in [5.74, 6) is -0.369. The van der Waals surface area contributed by atoms with E-state index in [0.717, 1.165) is 11.1 Å². The highest BCUT2D eigenvalue weighted by molar-refractivity contribution is 6.03. The van der Waals surface area contributed by atoms with Gasteiger partial charge in [0.25, 0.3) is 5.91 Å². The summed E-state index contributed by atoms with van der Waals surface area (Å²) >= 11 is 0. The Kier molecular flexibility index (Phi) is 3.51. The van der Waals surface area contributed by atoms with Gasteiger partial charge in [-0.15, -0.1) is 0 Å². The minimum atomic E-state index is -0.875. The van der Waals surface area contributed by atoms with Gasteiger partial charge in [-0.1, -0.05) is 24.3 Å². The number of likely N-dealkylation sites (N-methyl/N-ethyl adjacent to an activating group) is 1. The summed E-state index contributed by atoms with van der Waals surface area (Å²) in [7, 11) is 1.59. The first-order chi connectivity index (χ1) is 10.2. The molecule has 1 aliphatic heterocycles. The highest BCUT2D eigenvalue weighted by atomic mass is 16.5. The Bertz CT molecular complexity index is 605. The molecule has 0 aromatic carbocycles. The van der Waals surface area contributed by atoms with E-state index in [2.05, 4.69) is 10.6 Å². The van der Waals surface area contributed by atoms with Gasteiger partial charge in [-0.3, -0.25) is 9.59 Å². The van der Waals surface area contributed by atoms with Crippen LogP contribution >= 0.6 is 0 Å². The molecule has 21 heavy (non-hydrogen) atoms. The van der Waals surface area contributed by atoms with E-state index in [9.17, 15) is 9.59 Å². The van der Waals surface area contributed by atoms with E-state index >= 15 is 0 Å². The van der Waals surface area contributed by atoms with E-state index in [0.29, 0.717) is 31.6 Å². The number of amides is 2. The Morgan fingerprint density at radius 2 is 1.95 bits per heavy atom. The molecule has 0 spiro atoms. The predicted molar refractivity (Wildman–Crippen MR) is 78.4 cm³/mol. The van der Waals surface area contributed by atoms with Crippen LogP contribution in [0.1, 0.15) is 12.8 Å². The molecule has 2 aliphatic carbocycles. The van der Waals surface area contributed by atoms with Crippen molar-refractivity contribution >= 4 is 11.8 Å². The second-order valence-corrected chi connectivity index (χ2v) is 5.37. The van der Waals surface area contributed by atoms with Crippen molar-refractivity contribution in [3.63, 3.8) is 0 Å². The van der Waals surface area contributed by atoms with Gasteiger partial charge in [0.1, 0.15) is 5.54 Å². The molecule has 0 unspecified atom stereocenters. The fraction of sp³-hybridized carbons (Fsp3) is 0.375. The lowest BCUT2D eigenvalue weighted by atomic mass is 9.88. The summed E-state index contributed by atoms with van der Waals surface area (Å²) in [6.07, 6.45) is 10.5. The zero-order chi connectivity index (χ0) is 14.9. The Morgan fingerprint density at radius 1 is 1.19 bits per heavy atom. The molecule has 0 radical (unpaired) electrons. The number of allylic oxidation sites excluding steroid dienone is 6. The Labute approximate surface area is 123 Å². The molecular formula is C16H18N2O3. The van der Waals surface area contributed by atoms with Crippen molar-refractivity contribution in [2.75, 3.05) is 20.3 Å². The van der Waals surface area contributed by atoms with Crippen molar-refractivity contribution in [3.05, 3.63) is 47.1 Å². The van der Waals surface area contributed by atoms with E-state index in [4.69, 9.17) is 4.74 Å². The van der Waals surface area contributed by atoms with Gasteiger partial charge in [-0.2, -0.15) is 0 Å². The highest BCUT2D eigenvalue weighted by Gasteiger charge is 2.41. The average Bonchev–Trinajstić information content (AvgIpc) is 3.09. The molecule has 5 heteroatoms. The molecule has 1 heterocycles. The number of hydrogen-bond donors (Lipinski definition) is 2. The average molecular weight is 286 g/mol. The van der Waals surface area contributed by atoms with Crippen LogP contribution in [-0.4, -0.2) is 37.6 Å². The number of hydrogen-bond acceptors (Lipinski definition) is 3. The molecule has 110 valence electrons. The van der Waals surface area contributed by atoms with Crippen LogP contribution in [0.25, 0.3) is 0 Å². The maximum atomic E-state index is 12.6. The lowest BCUT2D eigenvalue weighted by molar-refractivity contribution is -0.135. The number of rotatable bonds is 3. The third-order valence-corrected chi connectivity index (χ3v) is 4.17. The Balaban J connectivity index is 1.84. The van der Waals surface area contributed by atoms with Gasteiger partial charge in [0.05, 0.1) is 0 Å². The van der Waals surface area contributed by atoms with Crippen molar-refractivity contribution in [1.29, 1.82) is 0 Å². The minimum absolute atomic E-state index is 0.163. The third-order valence-electron chi connectivity index (χ3n) is 4.17. The maximum absolute atomic E-state index is 12.6. The summed E-state index contributed by atoms with van der Waals surface area (Å²) in [4.78, 5) is 24.8. The quantitative estimate of drug-likeness (QED) is 0.805. The summed E-state index contributed by atoms with van der Waals surface area (Å²) in [5, 5.41) is 5.59. The Morgan fingerprint density at radius 3 is 2.67 bits per heavy atom. The first kappa shape index (κ1) is 13.8. The number of carbonyl (C=O) groups excluding carboxylic acids is 2. The van der Waals surface area contributed by atoms with Crippen molar-refractivity contribution in [3.8, 4) is 0 Å². The molecule has 1 fully saturated rings. The molecule has 3 aliphatic rings. The number of ether oxygens (including phenoxy) is 1. The normalized spacial score (nSPS) is 22.0. The molecular weight excluding hydrogens is 268 g/mol. The van der Waals surface area contributed by atoms with Crippen LogP contribution in [0.2, 0.25) is 0 Å². The predicted octanol–water partition coefficient (Wildman–Crippen LogP) is 0.760. The lowest BCUT2D eigenvalue weighted by Crippen LogP contribution is -2.61. The summed E-state index contributed by atoms with van der Waals surface area (Å²) in [6, 6.07) is 0. The highest BCUT2D eigenvalue weighted by Crippen LogP contribution is 2.31. The van der Waals surface area contributed by atoms with Gasteiger partial charge in [-0.05, 0) is 17.2 Å². The molecule has 0 atom stereocenters. The monoisotopic (exact) mass is 286 g/mol. The first-order valence-corrected chi connectivity index (χ1v) is 7.10. The van der Waals surface area contributed by atoms with Gasteiger partial charge < -0.3 is 15.4 Å². The van der Waals surface area contributed by atoms with E-state index in [1.165, 1.54) is 0 Å². The molecule has 2 amide bonds. The molecule has 1 saturated heterocycles. The topological polar surface area (TPSA) is 67.4 Å². The molecule has 5 nitrogen and oxygen atoms in total. The first-order valence-electron chi connectivity index (χ1n) is 7.10. The molecule has 0 saturated carbocycles. The van der Waals surface area contributed by atoms with Crippen LogP contribution in [0.3, 0.4) is 0 Å². The van der Waals surface area contributed by atoms with Gasteiger partial charge in [-0.25, -0.2) is 0 Å². The van der Waals surface area contributed by atoms with Crippen molar-refractivity contribution < 1.29 is 14.3 Å². The second kappa shape index (κ2) is 5.33. The molecule has 0 bridgehead atoms. The van der Waals surface area contributed by atoms with Crippen LogP contribution in [0.4, 0.5) is 0 Å². The van der Waals surface area contributed by atoms with E-state index in [1.54, 1.807) is 13.1 Å². The summed E-state index contributed by atoms with van der Waals surface area (Å²) < 4.78 is 5.32. The van der Waals surface area contributed by atoms with Crippen LogP contribution in [0, 0.1) is 0 Å². The zero-order valence-electron chi connectivity index (χ0n) is 11.9. The SMILES string of the molecule is CNC(=O)C1(NC(=O)C2=C3C=CC=C3C=C2)CCOCC1. The fourth-order valence-electron chi connectivity index (χ4n) is 2.94. The minimum Gasteiger partial charge on any atom is -0.381 e. The summed E-state index contributed by atoms with van der Waals surface area (Å²) in [5.41, 5.74) is 1.71. The van der Waals surface area contributed by atoms with Crippen LogP contribution in [0.15, 0.2) is 47.1 Å². The molecule has 2 N–H and O–H groups in total. The standard InChI is InChI=1S/C16H18N2O3/c1-17-15(20)16(7-9-21-10-8-16)18-14(19)13-6-5-11-3-2-4-12(11)13/h2-6H,7-10H2,1H3,(H,17,20)(H,18,19). The maximum Gasteiger partial charge on any atom is 0.252 e. The van der Waals surface area contributed by atoms with Crippen molar-refractivity contribution in [2.24, 2.45) is 0 Å².